The van der Waals surface area contributed by atoms with Crippen molar-refractivity contribution >= 4 is 11.9 Å². The van der Waals surface area contributed by atoms with E-state index in [0.29, 0.717) is 38.2 Å². The number of nitrogens with one attached hydrogen (secondary N) is 1. The lowest BCUT2D eigenvalue weighted by molar-refractivity contribution is -0.148. The van der Waals surface area contributed by atoms with Crippen LogP contribution in [-0.2, 0) is 16.0 Å². The highest BCUT2D eigenvalue weighted by Crippen LogP contribution is 2.32. The van der Waals surface area contributed by atoms with Crippen LogP contribution in [0.5, 0.6) is 11.5 Å². The van der Waals surface area contributed by atoms with Crippen molar-refractivity contribution in [3.05, 3.63) is 23.8 Å². The molecule has 1 aliphatic rings. The fourth-order valence-corrected chi connectivity index (χ4v) is 3.80. The van der Waals surface area contributed by atoms with Crippen molar-refractivity contribution in [3.63, 3.8) is 0 Å². The number of unbranched alkanes of at least 4 members (excludes halogenated alkanes) is 2. The second kappa shape index (κ2) is 11.6. The van der Waals surface area contributed by atoms with Crippen molar-refractivity contribution in [1.82, 2.24) is 5.32 Å². The largest absolute Gasteiger partial charge is 0.493 e. The van der Waals surface area contributed by atoms with Gasteiger partial charge in [0.25, 0.3) is 0 Å². The van der Waals surface area contributed by atoms with E-state index >= 15 is 0 Å². The number of ether oxygens (including phenoxy) is 2. The molecule has 2 atom stereocenters. The first-order valence-corrected chi connectivity index (χ1v) is 10.4. The zero-order chi connectivity index (χ0) is 20.4. The average molecular weight is 392 g/mol. The summed E-state index contributed by atoms with van der Waals surface area (Å²) in [5.41, 5.74) is 0.981. The molecular formula is C22H33NO5. The summed E-state index contributed by atoms with van der Waals surface area (Å²) in [5, 5.41) is 12.3. The molecule has 1 saturated carbocycles. The van der Waals surface area contributed by atoms with Crippen molar-refractivity contribution in [1.29, 1.82) is 0 Å². The fourth-order valence-electron chi connectivity index (χ4n) is 3.80. The predicted molar refractivity (Wildman–Crippen MR) is 108 cm³/mol. The number of carboxylic acid groups (broad SMARTS) is 1. The molecule has 0 aliphatic heterocycles. The number of aliphatic carboxylic acids is 1. The van der Waals surface area contributed by atoms with Crippen LogP contribution in [0.1, 0.15) is 57.4 Å². The molecule has 0 heterocycles. The van der Waals surface area contributed by atoms with Crippen LogP contribution < -0.4 is 14.8 Å². The molecule has 0 saturated heterocycles. The number of carbonyl (C=O) groups excluding carboxylic acids is 1. The lowest BCUT2D eigenvalue weighted by Gasteiger charge is -2.27. The van der Waals surface area contributed by atoms with E-state index in [-0.39, 0.29) is 5.91 Å². The number of para-hydroxylation sites is 1. The van der Waals surface area contributed by atoms with Crippen LogP contribution in [0.3, 0.4) is 0 Å². The molecular weight excluding hydrogens is 358 g/mol. The Morgan fingerprint density at radius 2 is 1.93 bits per heavy atom. The quantitative estimate of drug-likeness (QED) is 0.560. The minimum atomic E-state index is -0.865. The summed E-state index contributed by atoms with van der Waals surface area (Å²) >= 11 is 0. The molecule has 0 spiro atoms. The van der Waals surface area contributed by atoms with Gasteiger partial charge in [0.2, 0.25) is 5.91 Å². The van der Waals surface area contributed by atoms with Crippen molar-refractivity contribution in [3.8, 4) is 11.5 Å². The first kappa shape index (κ1) is 22.1. The van der Waals surface area contributed by atoms with E-state index in [9.17, 15) is 14.7 Å². The van der Waals surface area contributed by atoms with Crippen LogP contribution >= 0.6 is 0 Å². The summed E-state index contributed by atoms with van der Waals surface area (Å²) in [7, 11) is 1.62. The molecule has 156 valence electrons. The van der Waals surface area contributed by atoms with E-state index in [2.05, 4.69) is 12.2 Å². The van der Waals surface area contributed by atoms with Gasteiger partial charge in [0, 0.05) is 6.54 Å². The Morgan fingerprint density at radius 3 is 2.61 bits per heavy atom. The van der Waals surface area contributed by atoms with E-state index in [1.54, 1.807) is 7.11 Å². The highest BCUT2D eigenvalue weighted by atomic mass is 16.5. The molecule has 0 aromatic heterocycles. The van der Waals surface area contributed by atoms with Gasteiger partial charge in [0.05, 0.1) is 25.6 Å². The molecule has 6 heteroatoms. The number of amides is 1. The van der Waals surface area contributed by atoms with Gasteiger partial charge in [-0.15, -0.1) is 0 Å². The molecule has 2 N–H and O–H groups in total. The molecule has 2 rings (SSSR count). The second-order valence-electron chi connectivity index (χ2n) is 7.38. The van der Waals surface area contributed by atoms with E-state index < -0.39 is 17.8 Å². The number of carboxylic acids is 1. The zero-order valence-electron chi connectivity index (χ0n) is 17.0. The van der Waals surface area contributed by atoms with Gasteiger partial charge in [0.1, 0.15) is 0 Å². The van der Waals surface area contributed by atoms with E-state index in [1.165, 1.54) is 0 Å². The predicted octanol–water partition coefficient (Wildman–Crippen LogP) is 3.81. The molecule has 1 fully saturated rings. The average Bonchev–Trinajstić information content (AvgIpc) is 2.71. The van der Waals surface area contributed by atoms with Gasteiger partial charge < -0.3 is 19.9 Å². The Kier molecular flexibility index (Phi) is 9.11. The minimum Gasteiger partial charge on any atom is -0.493 e. The van der Waals surface area contributed by atoms with Gasteiger partial charge in [-0.1, -0.05) is 44.7 Å². The second-order valence-corrected chi connectivity index (χ2v) is 7.38. The summed E-state index contributed by atoms with van der Waals surface area (Å²) < 4.78 is 11.4. The summed E-state index contributed by atoms with van der Waals surface area (Å²) in [4.78, 5) is 23.9. The number of benzene rings is 1. The highest BCUT2D eigenvalue weighted by molar-refractivity contribution is 5.84. The first-order valence-electron chi connectivity index (χ1n) is 10.4. The third-order valence-corrected chi connectivity index (χ3v) is 5.39. The summed E-state index contributed by atoms with van der Waals surface area (Å²) in [5.74, 6) is -0.588. The van der Waals surface area contributed by atoms with Crippen LogP contribution in [-0.4, -0.2) is 37.2 Å². The Labute approximate surface area is 167 Å². The van der Waals surface area contributed by atoms with Gasteiger partial charge >= 0.3 is 5.97 Å². The highest BCUT2D eigenvalue weighted by Gasteiger charge is 2.35. The van der Waals surface area contributed by atoms with Crippen molar-refractivity contribution < 1.29 is 24.2 Å². The smallest absolute Gasteiger partial charge is 0.307 e. The van der Waals surface area contributed by atoms with Gasteiger partial charge in [-0.05, 0) is 37.3 Å². The molecule has 2 unspecified atom stereocenters. The normalized spacial score (nSPS) is 19.1. The van der Waals surface area contributed by atoms with Crippen LogP contribution in [0, 0.1) is 11.8 Å². The third kappa shape index (κ3) is 6.14. The number of methoxy groups -OCH3 is 1. The fraction of sp³-hybridized carbons (Fsp3) is 0.636. The van der Waals surface area contributed by atoms with Gasteiger partial charge in [0.15, 0.2) is 11.5 Å². The van der Waals surface area contributed by atoms with Crippen LogP contribution in [0.2, 0.25) is 0 Å². The van der Waals surface area contributed by atoms with Gasteiger partial charge in [-0.3, -0.25) is 9.59 Å². The molecule has 1 amide bonds. The number of hydrogen-bond donors (Lipinski definition) is 2. The van der Waals surface area contributed by atoms with Gasteiger partial charge in [-0.25, -0.2) is 0 Å². The molecule has 28 heavy (non-hydrogen) atoms. The van der Waals surface area contributed by atoms with E-state index in [1.807, 2.05) is 18.2 Å². The topological polar surface area (TPSA) is 84.9 Å². The molecule has 1 aromatic carbocycles. The molecule has 1 aliphatic carbocycles. The zero-order valence-corrected chi connectivity index (χ0v) is 17.0. The molecule has 1 aromatic rings. The maximum Gasteiger partial charge on any atom is 0.307 e. The summed E-state index contributed by atoms with van der Waals surface area (Å²) in [6, 6.07) is 5.76. The monoisotopic (exact) mass is 391 g/mol. The van der Waals surface area contributed by atoms with Crippen molar-refractivity contribution in [2.45, 2.75) is 58.3 Å². The maximum atomic E-state index is 12.5. The standard InChI is InChI=1S/C22H33NO5/c1-3-4-7-15-28-20-16(9-8-12-19(20)27-2)13-14-23-21(24)17-10-5-6-11-18(17)22(25)26/h8-9,12,17-18H,3-7,10-11,13-15H2,1-2H3,(H,23,24)(H,25,26). The summed E-state index contributed by atoms with van der Waals surface area (Å²) in [6.45, 7) is 3.23. The molecule has 0 radical (unpaired) electrons. The minimum absolute atomic E-state index is 0.152. The maximum absolute atomic E-state index is 12.5. The number of rotatable bonds is 11. The third-order valence-electron chi connectivity index (χ3n) is 5.39. The lowest BCUT2D eigenvalue weighted by atomic mass is 9.78. The summed E-state index contributed by atoms with van der Waals surface area (Å²) in [6.07, 6.45) is 6.86. The SMILES string of the molecule is CCCCCOc1c(CCNC(=O)C2CCCCC2C(=O)O)cccc1OC. The van der Waals surface area contributed by atoms with E-state index in [4.69, 9.17) is 9.47 Å². The van der Waals surface area contributed by atoms with Crippen LogP contribution in [0.25, 0.3) is 0 Å². The molecule has 6 nitrogen and oxygen atoms in total. The number of carbonyl (C=O) groups is 2. The Morgan fingerprint density at radius 1 is 1.18 bits per heavy atom. The van der Waals surface area contributed by atoms with Crippen molar-refractivity contribution in [2.75, 3.05) is 20.3 Å². The Bertz CT molecular complexity index is 646. The number of hydrogen-bond acceptors (Lipinski definition) is 4. The van der Waals surface area contributed by atoms with Crippen LogP contribution in [0.15, 0.2) is 18.2 Å². The molecule has 0 bridgehead atoms. The van der Waals surface area contributed by atoms with E-state index in [0.717, 1.165) is 43.4 Å². The first-order chi connectivity index (χ1) is 13.6. The van der Waals surface area contributed by atoms with Crippen molar-refractivity contribution in [2.24, 2.45) is 11.8 Å². The Hall–Kier alpha value is -2.24. The lowest BCUT2D eigenvalue weighted by Crippen LogP contribution is -2.40. The van der Waals surface area contributed by atoms with Crippen LogP contribution in [0.4, 0.5) is 0 Å². The Balaban J connectivity index is 1.94. The van der Waals surface area contributed by atoms with Gasteiger partial charge in [-0.2, -0.15) is 0 Å².